The second kappa shape index (κ2) is 11.0. The van der Waals surface area contributed by atoms with Crippen molar-refractivity contribution in [1.29, 1.82) is 5.26 Å². The normalized spacial score (nSPS) is 14.8. The summed E-state index contributed by atoms with van der Waals surface area (Å²) in [7, 11) is 1.99. The first-order valence-corrected chi connectivity index (χ1v) is 13.0. The topological polar surface area (TPSA) is 82.7 Å². The summed E-state index contributed by atoms with van der Waals surface area (Å²) in [6.07, 6.45) is -0.938. The van der Waals surface area contributed by atoms with Crippen LogP contribution in [0.2, 0.25) is 0 Å². The molecule has 1 aliphatic carbocycles. The van der Waals surface area contributed by atoms with Crippen molar-refractivity contribution < 1.29 is 13.2 Å². The van der Waals surface area contributed by atoms with Gasteiger partial charge in [-0.3, -0.25) is 4.90 Å². The highest BCUT2D eigenvalue weighted by Crippen LogP contribution is 2.33. The Morgan fingerprint density at radius 1 is 1.03 bits per heavy atom. The van der Waals surface area contributed by atoms with E-state index in [-0.39, 0.29) is 18.4 Å². The van der Waals surface area contributed by atoms with Crippen LogP contribution in [0.5, 0.6) is 0 Å². The predicted octanol–water partition coefficient (Wildman–Crippen LogP) is 6.00. The molecule has 1 fully saturated rings. The summed E-state index contributed by atoms with van der Waals surface area (Å²) in [6.45, 7) is 3.54. The number of hydrogen-bond acceptors (Lipinski definition) is 6. The Morgan fingerprint density at radius 2 is 1.74 bits per heavy atom. The quantitative estimate of drug-likeness (QED) is 0.284. The maximum Gasteiger partial charge on any atom is 0.416 e. The second-order valence-corrected chi connectivity index (χ2v) is 10.3. The van der Waals surface area contributed by atoms with E-state index < -0.39 is 11.7 Å². The van der Waals surface area contributed by atoms with E-state index in [1.54, 1.807) is 0 Å². The third kappa shape index (κ3) is 6.04. The number of nitrogens with zero attached hydrogens (tertiary/aromatic N) is 6. The van der Waals surface area contributed by atoms with Crippen molar-refractivity contribution in [2.75, 3.05) is 12.4 Å². The number of nitriles is 1. The zero-order chi connectivity index (χ0) is 27.6. The standard InChI is InChI=1S/C29H30F3N7/c1-19(22-9-6-10-22)34-27-26-28(36-24(15-33)35-27)37-25(18-38(2)16-20-7-4-3-5-8-20)39(26)17-21-11-13-23(14-12-21)29(30,31)32/h3-5,7-8,11-14,19,22H,6,9-10,16-18H2,1-2H3,(H,34,35,36)/t19-/m1/s1. The third-order valence-electron chi connectivity index (χ3n) is 7.33. The van der Waals surface area contributed by atoms with E-state index in [0.29, 0.717) is 47.4 Å². The number of hydrogen-bond donors (Lipinski definition) is 1. The SMILES string of the molecule is C[C@@H](Nc1nc(C#N)nc2nc(CN(C)Cc3ccccc3)n(Cc3ccc(C(F)(F)F)cc3)c12)C1CCC1. The molecule has 0 bridgehead atoms. The number of rotatable bonds is 9. The fraction of sp³-hybridized carbons (Fsp3) is 0.379. The molecule has 202 valence electrons. The molecule has 0 unspecified atom stereocenters. The van der Waals surface area contributed by atoms with Crippen molar-refractivity contribution >= 4 is 17.0 Å². The molecule has 0 aliphatic heterocycles. The van der Waals surface area contributed by atoms with Crippen LogP contribution in [0.25, 0.3) is 11.2 Å². The molecule has 2 aromatic heterocycles. The van der Waals surface area contributed by atoms with E-state index in [1.165, 1.54) is 18.6 Å². The van der Waals surface area contributed by atoms with Gasteiger partial charge in [-0.05, 0) is 56.0 Å². The first kappa shape index (κ1) is 26.6. The maximum absolute atomic E-state index is 13.2. The van der Waals surface area contributed by atoms with Crippen LogP contribution in [0.3, 0.4) is 0 Å². The van der Waals surface area contributed by atoms with Crippen LogP contribution in [0, 0.1) is 17.2 Å². The smallest absolute Gasteiger partial charge is 0.365 e. The number of imidazole rings is 1. The van der Waals surface area contributed by atoms with Crippen LogP contribution >= 0.6 is 0 Å². The first-order chi connectivity index (χ1) is 18.7. The van der Waals surface area contributed by atoms with Crippen molar-refractivity contribution in [3.63, 3.8) is 0 Å². The predicted molar refractivity (Wildman–Crippen MR) is 143 cm³/mol. The summed E-state index contributed by atoms with van der Waals surface area (Å²) >= 11 is 0. The number of fused-ring (bicyclic) bond motifs is 1. The molecule has 1 aliphatic rings. The van der Waals surface area contributed by atoms with E-state index in [1.807, 2.05) is 35.9 Å². The summed E-state index contributed by atoms with van der Waals surface area (Å²) in [4.78, 5) is 15.8. The number of anilines is 1. The first-order valence-electron chi connectivity index (χ1n) is 13.0. The molecule has 10 heteroatoms. The van der Waals surface area contributed by atoms with E-state index in [0.717, 1.165) is 30.5 Å². The second-order valence-electron chi connectivity index (χ2n) is 10.3. The van der Waals surface area contributed by atoms with Gasteiger partial charge in [0.25, 0.3) is 0 Å². The lowest BCUT2D eigenvalue weighted by molar-refractivity contribution is -0.137. The molecule has 7 nitrogen and oxygen atoms in total. The molecule has 1 saturated carbocycles. The van der Waals surface area contributed by atoms with Gasteiger partial charge in [0.2, 0.25) is 5.82 Å². The molecule has 5 rings (SSSR count). The monoisotopic (exact) mass is 533 g/mol. The van der Waals surface area contributed by atoms with Crippen molar-refractivity contribution in [3.05, 3.63) is 82.9 Å². The van der Waals surface area contributed by atoms with Gasteiger partial charge in [0.15, 0.2) is 11.5 Å². The number of alkyl halides is 3. The minimum Gasteiger partial charge on any atom is -0.365 e. The summed E-state index contributed by atoms with van der Waals surface area (Å²) in [5.41, 5.74) is 2.18. The van der Waals surface area contributed by atoms with Crippen LogP contribution in [0.1, 0.15) is 54.5 Å². The lowest BCUT2D eigenvalue weighted by Crippen LogP contribution is -2.31. The zero-order valence-electron chi connectivity index (χ0n) is 21.9. The van der Waals surface area contributed by atoms with E-state index in [9.17, 15) is 18.4 Å². The van der Waals surface area contributed by atoms with Crippen molar-refractivity contribution in [3.8, 4) is 6.07 Å². The van der Waals surface area contributed by atoms with Gasteiger partial charge >= 0.3 is 6.18 Å². The van der Waals surface area contributed by atoms with Crippen LogP contribution in [-0.2, 0) is 25.8 Å². The molecule has 1 N–H and O–H groups in total. The van der Waals surface area contributed by atoms with Gasteiger partial charge in [0, 0.05) is 19.1 Å². The van der Waals surface area contributed by atoms with Gasteiger partial charge in [0.05, 0.1) is 12.1 Å². The minimum atomic E-state index is -4.40. The third-order valence-corrected chi connectivity index (χ3v) is 7.33. The highest BCUT2D eigenvalue weighted by molar-refractivity contribution is 5.84. The molecule has 0 spiro atoms. The van der Waals surface area contributed by atoms with Crippen LogP contribution in [-0.4, -0.2) is 37.5 Å². The van der Waals surface area contributed by atoms with Crippen molar-refractivity contribution in [2.45, 2.75) is 58.0 Å². The molecular weight excluding hydrogens is 503 g/mol. The van der Waals surface area contributed by atoms with Crippen LogP contribution in [0.4, 0.5) is 19.0 Å². The van der Waals surface area contributed by atoms with Gasteiger partial charge < -0.3 is 9.88 Å². The molecule has 0 amide bonds. The Balaban J connectivity index is 1.55. The Morgan fingerprint density at radius 3 is 2.36 bits per heavy atom. The highest BCUT2D eigenvalue weighted by Gasteiger charge is 2.30. The molecule has 39 heavy (non-hydrogen) atoms. The molecule has 1 atom stereocenters. The average molecular weight is 534 g/mol. The number of aromatic nitrogens is 4. The van der Waals surface area contributed by atoms with E-state index in [2.05, 4.69) is 39.2 Å². The molecule has 4 aromatic rings. The minimum absolute atomic E-state index is 0.0224. The summed E-state index contributed by atoms with van der Waals surface area (Å²) in [5.74, 6) is 1.75. The summed E-state index contributed by atoms with van der Waals surface area (Å²) in [6, 6.07) is 17.4. The fourth-order valence-electron chi connectivity index (χ4n) is 4.97. The Bertz CT molecular complexity index is 1470. The maximum atomic E-state index is 13.2. The summed E-state index contributed by atoms with van der Waals surface area (Å²) < 4.78 is 41.4. The van der Waals surface area contributed by atoms with E-state index in [4.69, 9.17) is 4.98 Å². The fourth-order valence-corrected chi connectivity index (χ4v) is 4.97. The molecule has 2 heterocycles. The van der Waals surface area contributed by atoms with Gasteiger partial charge in [-0.1, -0.05) is 48.9 Å². The lowest BCUT2D eigenvalue weighted by atomic mass is 9.80. The molecule has 0 radical (unpaired) electrons. The molecule has 2 aromatic carbocycles. The summed E-state index contributed by atoms with van der Waals surface area (Å²) in [5, 5.41) is 13.1. The highest BCUT2D eigenvalue weighted by atomic mass is 19.4. The van der Waals surface area contributed by atoms with Gasteiger partial charge in [-0.25, -0.2) is 4.98 Å². The number of benzene rings is 2. The van der Waals surface area contributed by atoms with Crippen LogP contribution < -0.4 is 5.32 Å². The van der Waals surface area contributed by atoms with Crippen LogP contribution in [0.15, 0.2) is 54.6 Å². The average Bonchev–Trinajstić information content (AvgIpc) is 3.19. The Hall–Kier alpha value is -3.97. The largest absolute Gasteiger partial charge is 0.416 e. The number of nitrogens with one attached hydrogen (secondary N) is 1. The van der Waals surface area contributed by atoms with E-state index >= 15 is 0 Å². The zero-order valence-corrected chi connectivity index (χ0v) is 21.9. The van der Waals surface area contributed by atoms with Gasteiger partial charge in [-0.2, -0.15) is 28.4 Å². The van der Waals surface area contributed by atoms with Crippen molar-refractivity contribution in [1.82, 2.24) is 24.4 Å². The van der Waals surface area contributed by atoms with Gasteiger partial charge in [-0.15, -0.1) is 0 Å². The Kier molecular flexibility index (Phi) is 7.53. The van der Waals surface area contributed by atoms with Crippen molar-refractivity contribution in [2.24, 2.45) is 5.92 Å². The number of halogens is 3. The van der Waals surface area contributed by atoms with Gasteiger partial charge in [0.1, 0.15) is 17.4 Å². The lowest BCUT2D eigenvalue weighted by Gasteiger charge is -2.32. The molecular formula is C29H30F3N7. The molecule has 0 saturated heterocycles. The Labute approximate surface area is 225 Å².